The third kappa shape index (κ3) is 4.49. The Hall–Kier alpha value is -4.04. The van der Waals surface area contributed by atoms with Gasteiger partial charge in [-0.2, -0.15) is 0 Å². The smallest absolute Gasteiger partial charge is 0.254 e. The van der Waals surface area contributed by atoms with Gasteiger partial charge in [-0.3, -0.25) is 14.6 Å². The molecule has 1 aliphatic heterocycles. The fourth-order valence-electron chi connectivity index (χ4n) is 4.91. The van der Waals surface area contributed by atoms with Crippen LogP contribution < -0.4 is 14.8 Å². The van der Waals surface area contributed by atoms with Gasteiger partial charge in [0.15, 0.2) is 11.5 Å². The fraction of sp³-hybridized carbons (Fsp3) is 0.207. The van der Waals surface area contributed by atoms with Gasteiger partial charge >= 0.3 is 0 Å². The maximum absolute atomic E-state index is 14.0. The molecule has 1 aromatic heterocycles. The van der Waals surface area contributed by atoms with Crippen molar-refractivity contribution in [2.75, 3.05) is 32.8 Å². The van der Waals surface area contributed by atoms with E-state index in [0.29, 0.717) is 28.3 Å². The Morgan fingerprint density at radius 1 is 1.00 bits per heavy atom. The highest BCUT2D eigenvalue weighted by atomic mass is 32.2. The van der Waals surface area contributed by atoms with Crippen molar-refractivity contribution < 1.29 is 19.1 Å². The number of fused-ring (bicyclic) bond motifs is 2. The van der Waals surface area contributed by atoms with E-state index >= 15 is 0 Å². The third-order valence-electron chi connectivity index (χ3n) is 6.77. The van der Waals surface area contributed by atoms with Gasteiger partial charge in [0, 0.05) is 22.9 Å². The van der Waals surface area contributed by atoms with Crippen LogP contribution in [0, 0.1) is 0 Å². The van der Waals surface area contributed by atoms with Crippen LogP contribution in [0.4, 0.5) is 5.69 Å². The summed E-state index contributed by atoms with van der Waals surface area (Å²) in [6, 6.07) is 20.5. The summed E-state index contributed by atoms with van der Waals surface area (Å²) in [7, 11) is 4.79. The van der Waals surface area contributed by atoms with E-state index in [1.807, 2.05) is 60.9 Å². The number of pyridine rings is 1. The van der Waals surface area contributed by atoms with Gasteiger partial charge in [-0.25, -0.2) is 0 Å². The molecule has 0 radical (unpaired) electrons. The third-order valence-corrected chi connectivity index (χ3v) is 7.52. The second-order valence-corrected chi connectivity index (χ2v) is 9.69. The number of nitrogens with one attached hydrogen (secondary N) is 1. The topological polar surface area (TPSA) is 80.8 Å². The van der Waals surface area contributed by atoms with Crippen LogP contribution in [0.3, 0.4) is 0 Å². The van der Waals surface area contributed by atoms with Crippen molar-refractivity contribution in [2.45, 2.75) is 16.9 Å². The number of likely N-dealkylation sites (N-methyl/N-ethyl adjacent to an activating group) is 1. The highest BCUT2D eigenvalue weighted by Gasteiger charge is 2.43. The Morgan fingerprint density at radius 2 is 1.70 bits per heavy atom. The molecule has 8 heteroatoms. The molecule has 0 saturated carbocycles. The largest absolute Gasteiger partial charge is 0.493 e. The lowest BCUT2D eigenvalue weighted by Crippen LogP contribution is -2.44. The number of amides is 2. The van der Waals surface area contributed by atoms with E-state index in [2.05, 4.69) is 10.3 Å². The summed E-state index contributed by atoms with van der Waals surface area (Å²) < 4.78 is 11.0. The van der Waals surface area contributed by atoms with Crippen LogP contribution in [0.2, 0.25) is 0 Å². The number of benzene rings is 3. The lowest BCUT2D eigenvalue weighted by molar-refractivity contribution is -0.119. The monoisotopic (exact) mass is 513 g/mol. The molecule has 1 N–H and O–H groups in total. The van der Waals surface area contributed by atoms with Gasteiger partial charge < -0.3 is 19.7 Å². The first kappa shape index (κ1) is 24.6. The molecule has 188 valence electrons. The molecule has 2 atom stereocenters. The second-order valence-electron chi connectivity index (χ2n) is 8.81. The molecule has 0 saturated heterocycles. The number of para-hydroxylation sites is 1. The van der Waals surface area contributed by atoms with Gasteiger partial charge in [0.05, 0.1) is 43.6 Å². The van der Waals surface area contributed by atoms with Gasteiger partial charge in [-0.1, -0.05) is 30.3 Å². The molecule has 4 aromatic rings. The normalized spacial score (nSPS) is 16.9. The molecular formula is C29H27N3O4S. The summed E-state index contributed by atoms with van der Waals surface area (Å²) in [6.07, 6.45) is 3.66. The van der Waals surface area contributed by atoms with E-state index in [4.69, 9.17) is 9.47 Å². The fourth-order valence-corrected chi connectivity index (χ4v) is 5.32. The summed E-state index contributed by atoms with van der Waals surface area (Å²) in [5.41, 5.74) is 3.30. The number of nitrogens with zero attached hydrogens (tertiary/aromatic N) is 2. The molecule has 7 nitrogen and oxygen atoms in total. The Labute approximate surface area is 219 Å². The Bertz CT molecular complexity index is 1490. The number of methoxy groups -OCH3 is 2. The summed E-state index contributed by atoms with van der Waals surface area (Å²) in [6.45, 7) is 0. The predicted octanol–water partition coefficient (Wildman–Crippen LogP) is 5.52. The second kappa shape index (κ2) is 10.1. The summed E-state index contributed by atoms with van der Waals surface area (Å²) in [4.78, 5) is 34.8. The van der Waals surface area contributed by atoms with Gasteiger partial charge in [0.2, 0.25) is 5.91 Å². The first-order valence-electron chi connectivity index (χ1n) is 11.8. The first-order chi connectivity index (χ1) is 17.9. The van der Waals surface area contributed by atoms with Crippen LogP contribution >= 0.6 is 11.8 Å². The molecule has 0 fully saturated rings. The number of carbonyl (C=O) groups excluding carboxylic acids is 2. The van der Waals surface area contributed by atoms with E-state index in [-0.39, 0.29) is 11.8 Å². The van der Waals surface area contributed by atoms with Crippen LogP contribution in [-0.2, 0) is 4.79 Å². The van der Waals surface area contributed by atoms with Crippen molar-refractivity contribution in [3.8, 4) is 11.5 Å². The van der Waals surface area contributed by atoms with Gasteiger partial charge in [-0.15, -0.1) is 11.8 Å². The number of hydrogen-bond acceptors (Lipinski definition) is 6. The molecular weight excluding hydrogens is 486 g/mol. The van der Waals surface area contributed by atoms with Crippen molar-refractivity contribution >= 4 is 40.2 Å². The minimum atomic E-state index is -0.705. The zero-order chi connectivity index (χ0) is 26.1. The van der Waals surface area contributed by atoms with Crippen molar-refractivity contribution in [2.24, 2.45) is 0 Å². The summed E-state index contributed by atoms with van der Waals surface area (Å²) in [5, 5.41) is 3.98. The number of anilines is 1. The molecule has 3 aromatic carbocycles. The van der Waals surface area contributed by atoms with Gasteiger partial charge in [0.25, 0.3) is 5.91 Å². The van der Waals surface area contributed by atoms with Crippen LogP contribution in [0.5, 0.6) is 11.5 Å². The Balaban J connectivity index is 1.63. The molecule has 2 amide bonds. The molecule has 0 bridgehead atoms. The molecule has 0 spiro atoms. The van der Waals surface area contributed by atoms with Crippen LogP contribution in [0.15, 0.2) is 77.8 Å². The standard InChI is InChI=1S/C29H27N3O4S/c1-32-27(17-9-11-20(37-4)12-10-17)26(21-14-24(35-2)25(36-3)15-22(21)29(32)34)28(33)31-19-13-18-7-5-6-8-23(18)30-16-19/h5-16,26-27H,1-4H3,(H,31,33)/t26-,27+/m0/s1. The molecule has 0 aliphatic carbocycles. The van der Waals surface area contributed by atoms with Gasteiger partial charge in [-0.05, 0) is 53.8 Å². The van der Waals surface area contributed by atoms with E-state index in [0.717, 1.165) is 21.4 Å². The van der Waals surface area contributed by atoms with Crippen molar-refractivity contribution in [3.05, 3.63) is 89.6 Å². The lowest BCUT2D eigenvalue weighted by Gasteiger charge is -2.40. The summed E-state index contributed by atoms with van der Waals surface area (Å²) in [5.74, 6) is -0.247. The molecule has 37 heavy (non-hydrogen) atoms. The van der Waals surface area contributed by atoms with E-state index in [1.165, 1.54) is 14.2 Å². The number of carbonyl (C=O) groups is 2. The number of thioether (sulfide) groups is 1. The zero-order valence-corrected chi connectivity index (χ0v) is 21.8. The number of ether oxygens (including phenoxy) is 2. The zero-order valence-electron chi connectivity index (χ0n) is 21.0. The average Bonchev–Trinajstić information content (AvgIpc) is 2.94. The lowest BCUT2D eigenvalue weighted by atomic mass is 9.79. The minimum absolute atomic E-state index is 0.189. The predicted molar refractivity (Wildman–Crippen MR) is 146 cm³/mol. The molecule has 2 heterocycles. The van der Waals surface area contributed by atoms with Crippen molar-refractivity contribution in [1.29, 1.82) is 0 Å². The minimum Gasteiger partial charge on any atom is -0.493 e. The quantitative estimate of drug-likeness (QED) is 0.342. The highest BCUT2D eigenvalue weighted by Crippen LogP contribution is 2.46. The number of hydrogen-bond donors (Lipinski definition) is 1. The number of aromatic nitrogens is 1. The van der Waals surface area contributed by atoms with Crippen molar-refractivity contribution in [1.82, 2.24) is 9.88 Å². The summed E-state index contributed by atoms with van der Waals surface area (Å²) >= 11 is 1.64. The first-order valence-corrected chi connectivity index (χ1v) is 13.0. The van der Waals surface area contributed by atoms with Gasteiger partial charge in [0.1, 0.15) is 0 Å². The van der Waals surface area contributed by atoms with Crippen LogP contribution in [0.25, 0.3) is 10.9 Å². The maximum Gasteiger partial charge on any atom is 0.254 e. The molecule has 1 aliphatic rings. The number of rotatable bonds is 6. The average molecular weight is 514 g/mol. The van der Waals surface area contributed by atoms with Crippen molar-refractivity contribution in [3.63, 3.8) is 0 Å². The SMILES string of the molecule is COc1cc2c(cc1OC)[C@H](C(=O)Nc1cnc3ccccc3c1)[C@@H](c1ccc(SC)cc1)N(C)C2=O. The van der Waals surface area contributed by atoms with E-state index < -0.39 is 12.0 Å². The highest BCUT2D eigenvalue weighted by molar-refractivity contribution is 7.98. The maximum atomic E-state index is 14.0. The van der Waals surface area contributed by atoms with E-state index in [9.17, 15) is 9.59 Å². The van der Waals surface area contributed by atoms with Crippen LogP contribution in [0.1, 0.15) is 33.4 Å². The van der Waals surface area contributed by atoms with Crippen LogP contribution in [-0.4, -0.2) is 49.2 Å². The Kier molecular flexibility index (Phi) is 6.76. The molecule has 5 rings (SSSR count). The molecule has 0 unspecified atom stereocenters. The van der Waals surface area contributed by atoms with E-state index in [1.54, 1.807) is 42.0 Å². The Morgan fingerprint density at radius 3 is 2.41 bits per heavy atom.